The Balaban J connectivity index is 0.00000300. The molecule has 1 fully saturated rings. The molecule has 0 unspecified atom stereocenters. The van der Waals surface area contributed by atoms with Gasteiger partial charge in [0.2, 0.25) is 0 Å². The predicted molar refractivity (Wildman–Crippen MR) is 135 cm³/mol. The molecule has 1 aliphatic rings. The molecule has 3 rings (SSSR count). The molecular weight excluding hydrogens is 495 g/mol. The van der Waals surface area contributed by atoms with Gasteiger partial charge in [-0.15, -0.1) is 24.0 Å². The molecular formula is C22H31IN4OS. The van der Waals surface area contributed by atoms with Gasteiger partial charge in [0, 0.05) is 42.4 Å². The maximum Gasteiger partial charge on any atom is 0.250 e. The van der Waals surface area contributed by atoms with E-state index in [1.165, 1.54) is 5.56 Å². The molecule has 2 heterocycles. The van der Waals surface area contributed by atoms with Crippen LogP contribution in [0.4, 0.5) is 0 Å². The van der Waals surface area contributed by atoms with Crippen LogP contribution in [0.1, 0.15) is 31.9 Å². The van der Waals surface area contributed by atoms with Crippen molar-refractivity contribution in [1.82, 2.24) is 14.8 Å². The molecule has 0 atom stereocenters. The zero-order valence-corrected chi connectivity index (χ0v) is 20.6. The lowest BCUT2D eigenvalue weighted by Crippen LogP contribution is -2.50. The summed E-state index contributed by atoms with van der Waals surface area (Å²) in [5.41, 5.74) is 2.31. The summed E-state index contributed by atoms with van der Waals surface area (Å²) in [6, 6.07) is 13.6. The molecule has 0 bridgehead atoms. The van der Waals surface area contributed by atoms with Crippen molar-refractivity contribution >= 4 is 41.7 Å². The maximum absolute atomic E-state index is 11.9. The molecule has 1 aromatic carbocycles. The van der Waals surface area contributed by atoms with E-state index in [0.29, 0.717) is 13.1 Å². The third-order valence-electron chi connectivity index (χ3n) is 4.75. The lowest BCUT2D eigenvalue weighted by atomic mass is 10.1. The molecule has 1 aromatic heterocycles. The number of hydrogen-bond donors (Lipinski definition) is 1. The van der Waals surface area contributed by atoms with Crippen molar-refractivity contribution in [3.8, 4) is 0 Å². The van der Waals surface area contributed by atoms with Gasteiger partial charge in [0.15, 0.2) is 5.96 Å². The quantitative estimate of drug-likeness (QED) is 0.366. The Hall–Kier alpha value is -1.48. The van der Waals surface area contributed by atoms with Crippen molar-refractivity contribution in [3.63, 3.8) is 0 Å². The van der Waals surface area contributed by atoms with Crippen LogP contribution in [0.25, 0.3) is 0 Å². The molecule has 1 N–H and O–H groups in total. The number of benzene rings is 1. The van der Waals surface area contributed by atoms with Crippen LogP contribution in [0, 0.1) is 0 Å². The highest BCUT2D eigenvalue weighted by Gasteiger charge is 2.28. The van der Waals surface area contributed by atoms with Gasteiger partial charge in [-0.25, -0.2) is 4.99 Å². The number of aliphatic imine (C=N–C) groups is 1. The number of guanidine groups is 1. The fraction of sp³-hybridized carbons (Fsp3) is 0.455. The van der Waals surface area contributed by atoms with E-state index in [4.69, 9.17) is 4.99 Å². The van der Waals surface area contributed by atoms with Gasteiger partial charge >= 0.3 is 0 Å². The van der Waals surface area contributed by atoms with Gasteiger partial charge in [0.25, 0.3) is 5.56 Å². The van der Waals surface area contributed by atoms with E-state index in [0.717, 1.165) is 36.9 Å². The summed E-state index contributed by atoms with van der Waals surface area (Å²) in [5, 5.41) is 3.44. The Labute approximate surface area is 195 Å². The van der Waals surface area contributed by atoms with Gasteiger partial charge in [-0.3, -0.25) is 4.79 Å². The number of thioether (sulfide) groups is 1. The molecule has 1 saturated heterocycles. The summed E-state index contributed by atoms with van der Waals surface area (Å²) in [6.45, 7) is 10.9. The Bertz CT molecular complexity index is 864. The fourth-order valence-corrected chi connectivity index (χ4v) is 4.44. The second-order valence-electron chi connectivity index (χ2n) is 7.68. The Kier molecular flexibility index (Phi) is 9.07. The Morgan fingerprint density at radius 2 is 1.90 bits per heavy atom. The average molecular weight is 526 g/mol. The first-order valence-corrected chi connectivity index (χ1v) is 10.9. The molecule has 0 spiro atoms. The number of rotatable bonds is 5. The SMILES string of the molecule is CCNC(=NCc1ccc(Cn2ccccc2=O)cc1)N1CCSC(C)(C)C1.I. The first kappa shape index (κ1) is 23.8. The zero-order chi connectivity index (χ0) is 20.0. The number of aromatic nitrogens is 1. The van der Waals surface area contributed by atoms with Gasteiger partial charge in [-0.2, -0.15) is 11.8 Å². The van der Waals surface area contributed by atoms with Gasteiger partial charge < -0.3 is 14.8 Å². The maximum atomic E-state index is 11.9. The third-order valence-corrected chi connectivity index (χ3v) is 6.04. The van der Waals surface area contributed by atoms with Gasteiger partial charge in [0.05, 0.1) is 13.1 Å². The van der Waals surface area contributed by atoms with Gasteiger partial charge in [-0.05, 0) is 38.0 Å². The van der Waals surface area contributed by atoms with Crippen molar-refractivity contribution in [2.24, 2.45) is 4.99 Å². The van der Waals surface area contributed by atoms with E-state index < -0.39 is 0 Å². The van der Waals surface area contributed by atoms with Crippen molar-refractivity contribution in [1.29, 1.82) is 0 Å². The van der Waals surface area contributed by atoms with E-state index in [1.807, 2.05) is 24.0 Å². The first-order chi connectivity index (χ1) is 13.5. The van der Waals surface area contributed by atoms with Crippen LogP contribution >= 0.6 is 35.7 Å². The van der Waals surface area contributed by atoms with E-state index >= 15 is 0 Å². The van der Waals surface area contributed by atoms with E-state index in [1.54, 1.807) is 16.7 Å². The van der Waals surface area contributed by atoms with E-state index in [-0.39, 0.29) is 34.3 Å². The average Bonchev–Trinajstić information content (AvgIpc) is 2.67. The minimum absolute atomic E-state index is 0. The first-order valence-electron chi connectivity index (χ1n) is 9.87. The molecule has 2 aromatic rings. The van der Waals surface area contributed by atoms with Crippen LogP contribution in [-0.2, 0) is 13.1 Å². The summed E-state index contributed by atoms with van der Waals surface area (Å²) in [6.07, 6.45) is 1.82. The summed E-state index contributed by atoms with van der Waals surface area (Å²) < 4.78 is 1.97. The second kappa shape index (κ2) is 11.1. The third kappa shape index (κ3) is 7.06. The zero-order valence-electron chi connectivity index (χ0n) is 17.4. The van der Waals surface area contributed by atoms with Crippen molar-refractivity contribution in [3.05, 3.63) is 70.1 Å². The van der Waals surface area contributed by atoms with Crippen molar-refractivity contribution in [2.45, 2.75) is 38.6 Å². The van der Waals surface area contributed by atoms with Crippen LogP contribution in [0.3, 0.4) is 0 Å². The smallest absolute Gasteiger partial charge is 0.250 e. The van der Waals surface area contributed by atoms with Crippen LogP contribution in [0.15, 0.2) is 58.4 Å². The highest BCUT2D eigenvalue weighted by molar-refractivity contribution is 14.0. The number of nitrogens with one attached hydrogen (secondary N) is 1. The number of halogens is 1. The van der Waals surface area contributed by atoms with Crippen molar-refractivity contribution in [2.75, 3.05) is 25.4 Å². The highest BCUT2D eigenvalue weighted by atomic mass is 127. The van der Waals surface area contributed by atoms with E-state index in [2.05, 4.69) is 55.3 Å². The molecule has 0 radical (unpaired) electrons. The monoisotopic (exact) mass is 526 g/mol. The largest absolute Gasteiger partial charge is 0.357 e. The molecule has 7 heteroatoms. The summed E-state index contributed by atoms with van der Waals surface area (Å²) >= 11 is 2.03. The molecule has 158 valence electrons. The highest BCUT2D eigenvalue weighted by Crippen LogP contribution is 2.29. The van der Waals surface area contributed by atoms with Crippen molar-refractivity contribution < 1.29 is 0 Å². The second-order valence-corrected chi connectivity index (χ2v) is 9.49. The standard InChI is InChI=1S/C22H30N4OS.HI/c1-4-23-21(26-13-14-28-22(2,3)17-26)24-15-18-8-10-19(11-9-18)16-25-12-6-5-7-20(25)27;/h5-12H,4,13-17H2,1-3H3,(H,23,24);1H. The van der Waals surface area contributed by atoms with Crippen LogP contribution < -0.4 is 10.9 Å². The molecule has 1 aliphatic heterocycles. The fourth-order valence-electron chi connectivity index (χ4n) is 3.33. The van der Waals surface area contributed by atoms with Gasteiger partial charge in [0.1, 0.15) is 0 Å². The van der Waals surface area contributed by atoms with E-state index in [9.17, 15) is 4.79 Å². The molecule has 0 aliphatic carbocycles. The molecule has 0 saturated carbocycles. The van der Waals surface area contributed by atoms with Crippen LogP contribution in [-0.4, -0.2) is 45.6 Å². The van der Waals surface area contributed by atoms with Gasteiger partial charge in [-0.1, -0.05) is 30.3 Å². The number of hydrogen-bond acceptors (Lipinski definition) is 3. The topological polar surface area (TPSA) is 49.6 Å². The molecule has 0 amide bonds. The Morgan fingerprint density at radius 1 is 1.17 bits per heavy atom. The van der Waals surface area contributed by atoms with Crippen LogP contribution in [0.2, 0.25) is 0 Å². The minimum atomic E-state index is 0. The predicted octanol–water partition coefficient (Wildman–Crippen LogP) is 3.81. The lowest BCUT2D eigenvalue weighted by Gasteiger charge is -2.39. The summed E-state index contributed by atoms with van der Waals surface area (Å²) in [7, 11) is 0. The normalized spacial score (nSPS) is 16.2. The number of nitrogens with zero attached hydrogens (tertiary/aromatic N) is 3. The number of pyridine rings is 1. The van der Waals surface area contributed by atoms with Crippen LogP contribution in [0.5, 0.6) is 0 Å². The Morgan fingerprint density at radius 3 is 2.55 bits per heavy atom. The minimum Gasteiger partial charge on any atom is -0.357 e. The lowest BCUT2D eigenvalue weighted by molar-refractivity contribution is 0.376. The molecule has 29 heavy (non-hydrogen) atoms. The molecule has 5 nitrogen and oxygen atoms in total. The summed E-state index contributed by atoms with van der Waals surface area (Å²) in [4.78, 5) is 19.1. The summed E-state index contributed by atoms with van der Waals surface area (Å²) in [5.74, 6) is 2.13.